The Morgan fingerprint density at radius 2 is 1.60 bits per heavy atom. The summed E-state index contributed by atoms with van der Waals surface area (Å²) >= 11 is 0. The summed E-state index contributed by atoms with van der Waals surface area (Å²) in [5.41, 5.74) is 1.75. The lowest BCUT2D eigenvalue weighted by Crippen LogP contribution is -2.38. The summed E-state index contributed by atoms with van der Waals surface area (Å²) in [4.78, 5) is 0.416. The highest BCUT2D eigenvalue weighted by molar-refractivity contribution is 7.89. The summed E-state index contributed by atoms with van der Waals surface area (Å²) in [5, 5.41) is 8.33. The predicted octanol–water partition coefficient (Wildman–Crippen LogP) is 3.13. The Labute approximate surface area is 148 Å². The maximum Gasteiger partial charge on any atom is 0.243 e. The SMILES string of the molecule is Cc1ccc(C)c(S(=O)(=O)N2CCC(c3nnc(C4CC4)o3)CC2)c1. The monoisotopic (exact) mass is 361 g/mol. The summed E-state index contributed by atoms with van der Waals surface area (Å²) in [6, 6.07) is 5.57. The van der Waals surface area contributed by atoms with E-state index >= 15 is 0 Å². The van der Waals surface area contributed by atoms with Crippen LogP contribution in [0, 0.1) is 13.8 Å². The number of aryl methyl sites for hydroxylation is 2. The number of aromatic nitrogens is 2. The van der Waals surface area contributed by atoms with Crippen molar-refractivity contribution in [3.8, 4) is 0 Å². The van der Waals surface area contributed by atoms with E-state index in [1.54, 1.807) is 10.4 Å². The summed E-state index contributed by atoms with van der Waals surface area (Å²) in [6.07, 6.45) is 3.70. The minimum Gasteiger partial charge on any atom is -0.425 e. The van der Waals surface area contributed by atoms with Gasteiger partial charge in [0.2, 0.25) is 21.8 Å². The molecule has 0 unspecified atom stereocenters. The fraction of sp³-hybridized carbons (Fsp3) is 0.556. The van der Waals surface area contributed by atoms with Gasteiger partial charge < -0.3 is 4.42 Å². The first kappa shape index (κ1) is 16.7. The van der Waals surface area contributed by atoms with Crippen molar-refractivity contribution in [3.05, 3.63) is 41.1 Å². The number of benzene rings is 1. The van der Waals surface area contributed by atoms with Gasteiger partial charge in [-0.2, -0.15) is 4.31 Å². The maximum absolute atomic E-state index is 13.0. The molecule has 134 valence electrons. The molecule has 1 aliphatic carbocycles. The molecule has 2 heterocycles. The van der Waals surface area contributed by atoms with Gasteiger partial charge in [0, 0.05) is 24.9 Å². The molecule has 0 spiro atoms. The van der Waals surface area contributed by atoms with Gasteiger partial charge in [0.1, 0.15) is 0 Å². The van der Waals surface area contributed by atoms with Gasteiger partial charge in [-0.25, -0.2) is 8.42 Å². The third-order valence-corrected chi connectivity index (χ3v) is 7.19. The topological polar surface area (TPSA) is 76.3 Å². The van der Waals surface area contributed by atoms with Crippen LogP contribution < -0.4 is 0 Å². The lowest BCUT2D eigenvalue weighted by molar-refractivity contribution is 0.286. The zero-order valence-corrected chi connectivity index (χ0v) is 15.4. The second kappa shape index (κ2) is 6.21. The Kier molecular flexibility index (Phi) is 4.16. The van der Waals surface area contributed by atoms with Gasteiger partial charge >= 0.3 is 0 Å². The van der Waals surface area contributed by atoms with E-state index in [2.05, 4.69) is 10.2 Å². The molecular formula is C18H23N3O3S. The summed E-state index contributed by atoms with van der Waals surface area (Å²) < 4.78 is 33.3. The van der Waals surface area contributed by atoms with E-state index in [9.17, 15) is 8.42 Å². The molecule has 1 aromatic heterocycles. The van der Waals surface area contributed by atoms with Crippen molar-refractivity contribution in [3.63, 3.8) is 0 Å². The molecule has 7 heteroatoms. The fourth-order valence-corrected chi connectivity index (χ4v) is 5.15. The normalized spacial score (nSPS) is 20.1. The van der Waals surface area contributed by atoms with Crippen molar-refractivity contribution in [1.82, 2.24) is 14.5 Å². The molecule has 6 nitrogen and oxygen atoms in total. The first-order valence-electron chi connectivity index (χ1n) is 8.86. The Morgan fingerprint density at radius 1 is 1.00 bits per heavy atom. The predicted molar refractivity (Wildman–Crippen MR) is 92.9 cm³/mol. The molecule has 1 saturated heterocycles. The van der Waals surface area contributed by atoms with Gasteiger partial charge in [-0.1, -0.05) is 12.1 Å². The van der Waals surface area contributed by atoms with E-state index in [0.29, 0.717) is 29.8 Å². The van der Waals surface area contributed by atoms with Gasteiger partial charge in [0.25, 0.3) is 0 Å². The van der Waals surface area contributed by atoms with E-state index in [-0.39, 0.29) is 5.92 Å². The highest BCUT2D eigenvalue weighted by atomic mass is 32.2. The Balaban J connectivity index is 1.47. The lowest BCUT2D eigenvalue weighted by atomic mass is 9.98. The zero-order chi connectivity index (χ0) is 17.6. The van der Waals surface area contributed by atoms with Crippen LogP contribution in [-0.4, -0.2) is 36.0 Å². The van der Waals surface area contributed by atoms with Crippen molar-refractivity contribution in [2.24, 2.45) is 0 Å². The number of hydrogen-bond acceptors (Lipinski definition) is 5. The molecule has 2 fully saturated rings. The van der Waals surface area contributed by atoms with Crippen molar-refractivity contribution < 1.29 is 12.8 Å². The first-order valence-corrected chi connectivity index (χ1v) is 10.3. The van der Waals surface area contributed by atoms with Crippen LogP contribution in [0.5, 0.6) is 0 Å². The summed E-state index contributed by atoms with van der Waals surface area (Å²) in [6.45, 7) is 4.73. The fourth-order valence-electron chi connectivity index (χ4n) is 3.37. The van der Waals surface area contributed by atoms with Crippen molar-refractivity contribution in [1.29, 1.82) is 0 Å². The number of sulfonamides is 1. The maximum atomic E-state index is 13.0. The Bertz CT molecular complexity index is 879. The van der Waals surface area contributed by atoms with Gasteiger partial charge in [-0.05, 0) is 56.7 Å². The van der Waals surface area contributed by atoms with Crippen LogP contribution in [0.4, 0.5) is 0 Å². The molecule has 0 amide bonds. The summed E-state index contributed by atoms with van der Waals surface area (Å²) in [5.74, 6) is 2.03. The minimum absolute atomic E-state index is 0.157. The third kappa shape index (κ3) is 3.22. The molecule has 2 aliphatic rings. The molecule has 25 heavy (non-hydrogen) atoms. The van der Waals surface area contributed by atoms with Crippen molar-refractivity contribution in [2.75, 3.05) is 13.1 Å². The van der Waals surface area contributed by atoms with Crippen LogP contribution in [-0.2, 0) is 10.0 Å². The first-order chi connectivity index (χ1) is 11.9. The van der Waals surface area contributed by atoms with Gasteiger partial charge in [0.15, 0.2) is 0 Å². The molecule has 0 bridgehead atoms. The molecule has 0 radical (unpaired) electrons. The van der Waals surface area contributed by atoms with E-state index in [1.165, 1.54) is 0 Å². The van der Waals surface area contributed by atoms with E-state index in [1.807, 2.05) is 26.0 Å². The van der Waals surface area contributed by atoms with Crippen LogP contribution in [0.1, 0.15) is 60.4 Å². The zero-order valence-electron chi connectivity index (χ0n) is 14.6. The van der Waals surface area contributed by atoms with Crippen LogP contribution >= 0.6 is 0 Å². The number of piperidine rings is 1. The second-order valence-corrected chi connectivity index (χ2v) is 9.11. The van der Waals surface area contributed by atoms with Gasteiger partial charge in [-0.15, -0.1) is 10.2 Å². The molecule has 1 aliphatic heterocycles. The van der Waals surface area contributed by atoms with Gasteiger partial charge in [-0.3, -0.25) is 0 Å². The molecular weight excluding hydrogens is 338 g/mol. The minimum atomic E-state index is -3.45. The van der Waals surface area contributed by atoms with Crippen LogP contribution in [0.3, 0.4) is 0 Å². The summed E-state index contributed by atoms with van der Waals surface area (Å²) in [7, 11) is -3.45. The van der Waals surface area contributed by atoms with Crippen LogP contribution in [0.2, 0.25) is 0 Å². The number of hydrogen-bond donors (Lipinski definition) is 0. The smallest absolute Gasteiger partial charge is 0.243 e. The number of rotatable bonds is 4. The number of nitrogens with zero attached hydrogens (tertiary/aromatic N) is 3. The molecule has 0 atom stereocenters. The van der Waals surface area contributed by atoms with E-state index < -0.39 is 10.0 Å². The molecule has 1 saturated carbocycles. The average Bonchev–Trinajstić information content (AvgIpc) is 3.34. The average molecular weight is 361 g/mol. The van der Waals surface area contributed by atoms with E-state index in [4.69, 9.17) is 4.42 Å². The van der Waals surface area contributed by atoms with Crippen LogP contribution in [0.25, 0.3) is 0 Å². The molecule has 1 aromatic carbocycles. The lowest BCUT2D eigenvalue weighted by Gasteiger charge is -2.30. The highest BCUT2D eigenvalue weighted by Crippen LogP contribution is 2.40. The molecule has 0 N–H and O–H groups in total. The van der Waals surface area contributed by atoms with Crippen molar-refractivity contribution in [2.45, 2.75) is 56.3 Å². The van der Waals surface area contributed by atoms with Crippen molar-refractivity contribution >= 4 is 10.0 Å². The van der Waals surface area contributed by atoms with Crippen LogP contribution in [0.15, 0.2) is 27.5 Å². The molecule has 4 rings (SSSR count). The Morgan fingerprint density at radius 3 is 2.20 bits per heavy atom. The second-order valence-electron chi connectivity index (χ2n) is 7.20. The van der Waals surface area contributed by atoms with Gasteiger partial charge in [0.05, 0.1) is 4.90 Å². The molecule has 2 aromatic rings. The largest absolute Gasteiger partial charge is 0.425 e. The third-order valence-electron chi connectivity index (χ3n) is 5.15. The van der Waals surface area contributed by atoms with E-state index in [0.717, 1.165) is 42.7 Å². The standard InChI is InChI=1S/C18H23N3O3S/c1-12-3-4-13(2)16(11-12)25(22,23)21-9-7-15(8-10-21)18-20-19-17(24-18)14-5-6-14/h3-4,11,14-15H,5-10H2,1-2H3. The highest BCUT2D eigenvalue weighted by Gasteiger charge is 2.34. The quantitative estimate of drug-likeness (QED) is 0.836. The Hall–Kier alpha value is -1.73.